The van der Waals surface area contributed by atoms with Crippen molar-refractivity contribution in [2.75, 3.05) is 17.2 Å². The molecule has 2 aromatic carbocycles. The second kappa shape index (κ2) is 9.28. The van der Waals surface area contributed by atoms with Crippen LogP contribution in [-0.2, 0) is 0 Å². The number of nitrogens with zero attached hydrogens (tertiary/aromatic N) is 3. The van der Waals surface area contributed by atoms with Crippen molar-refractivity contribution in [2.24, 2.45) is 0 Å². The molecule has 0 bridgehead atoms. The van der Waals surface area contributed by atoms with Crippen LogP contribution in [0.1, 0.15) is 35.8 Å². The van der Waals surface area contributed by atoms with Gasteiger partial charge in [-0.05, 0) is 24.6 Å². The summed E-state index contributed by atoms with van der Waals surface area (Å²) in [5.74, 6) is 0.740. The largest absolute Gasteiger partial charge is 0.370 e. The lowest BCUT2D eigenvalue weighted by atomic mass is 10.2. The zero-order valence-electron chi connectivity index (χ0n) is 15.6. The highest BCUT2D eigenvalue weighted by Gasteiger charge is 2.13. The number of unbranched alkanes of at least 4 members (excludes halogenated alkanes) is 1. The molecule has 1 amide bonds. The van der Waals surface area contributed by atoms with Crippen molar-refractivity contribution < 1.29 is 4.79 Å². The number of nitrogens with one attached hydrogen (secondary N) is 2. The Hall–Kier alpha value is -3.72. The molecule has 0 aliphatic heterocycles. The van der Waals surface area contributed by atoms with Crippen molar-refractivity contribution in [3.05, 3.63) is 71.9 Å². The minimum Gasteiger partial charge on any atom is -0.370 e. The van der Waals surface area contributed by atoms with Crippen molar-refractivity contribution >= 4 is 17.4 Å². The average molecular weight is 371 g/mol. The number of carbonyl (C=O) groups excluding carboxylic acids is 1. The molecule has 0 aliphatic carbocycles. The van der Waals surface area contributed by atoms with Gasteiger partial charge in [-0.15, -0.1) is 0 Å². The number of benzene rings is 2. The maximum Gasteiger partial charge on any atom is 0.274 e. The van der Waals surface area contributed by atoms with Gasteiger partial charge in [-0.25, -0.2) is 9.97 Å². The average Bonchev–Trinajstić information content (AvgIpc) is 2.74. The smallest absolute Gasteiger partial charge is 0.274 e. The lowest BCUT2D eigenvalue weighted by Gasteiger charge is -2.10. The minimum absolute atomic E-state index is 0.259. The van der Waals surface area contributed by atoms with E-state index < -0.39 is 0 Å². The van der Waals surface area contributed by atoms with E-state index in [4.69, 9.17) is 5.26 Å². The zero-order chi connectivity index (χ0) is 19.8. The molecule has 1 aromatic heterocycles. The van der Waals surface area contributed by atoms with Gasteiger partial charge < -0.3 is 10.6 Å². The molecule has 0 radical (unpaired) electrons. The van der Waals surface area contributed by atoms with Crippen LogP contribution < -0.4 is 10.6 Å². The molecular weight excluding hydrogens is 350 g/mol. The number of nitriles is 1. The Bertz CT molecular complexity index is 995. The number of hydrogen-bond donors (Lipinski definition) is 2. The predicted octanol–water partition coefficient (Wildman–Crippen LogP) is 4.48. The summed E-state index contributed by atoms with van der Waals surface area (Å²) in [5, 5.41) is 15.1. The fourth-order valence-electron chi connectivity index (χ4n) is 2.63. The van der Waals surface area contributed by atoms with Gasteiger partial charge in [-0.1, -0.05) is 49.7 Å². The molecule has 0 saturated heterocycles. The highest BCUT2D eigenvalue weighted by molar-refractivity contribution is 6.03. The first-order valence-corrected chi connectivity index (χ1v) is 9.19. The van der Waals surface area contributed by atoms with Gasteiger partial charge in [0.05, 0.1) is 11.6 Å². The van der Waals surface area contributed by atoms with Gasteiger partial charge in [0, 0.05) is 23.9 Å². The SMILES string of the molecule is CCCCNc1cc(C(=O)Nc2cccc(C#N)c2)nc(-c2ccccc2)n1. The summed E-state index contributed by atoms with van der Waals surface area (Å²) in [5.41, 5.74) is 2.12. The third kappa shape index (κ3) is 4.92. The zero-order valence-corrected chi connectivity index (χ0v) is 15.6. The highest BCUT2D eigenvalue weighted by atomic mass is 16.1. The standard InChI is InChI=1S/C22H21N5O/c1-2-3-12-24-20-14-19(26-21(27-20)17-9-5-4-6-10-17)22(28)25-18-11-7-8-16(13-18)15-23/h4-11,13-14H,2-3,12H2,1H3,(H,25,28)(H,24,26,27). The van der Waals surface area contributed by atoms with E-state index in [1.165, 1.54) is 0 Å². The number of hydrogen-bond acceptors (Lipinski definition) is 5. The number of carbonyl (C=O) groups is 1. The maximum absolute atomic E-state index is 12.8. The fraction of sp³-hybridized carbons (Fsp3) is 0.182. The van der Waals surface area contributed by atoms with E-state index in [-0.39, 0.29) is 11.6 Å². The normalized spacial score (nSPS) is 10.1. The lowest BCUT2D eigenvalue weighted by Crippen LogP contribution is -2.16. The van der Waals surface area contributed by atoms with Gasteiger partial charge in [0.1, 0.15) is 11.5 Å². The van der Waals surface area contributed by atoms with E-state index in [0.29, 0.717) is 22.9 Å². The van der Waals surface area contributed by atoms with Crippen LogP contribution in [0.25, 0.3) is 11.4 Å². The van der Waals surface area contributed by atoms with E-state index in [9.17, 15) is 4.79 Å². The predicted molar refractivity (Wildman–Crippen MR) is 110 cm³/mol. The topological polar surface area (TPSA) is 90.7 Å². The first-order valence-electron chi connectivity index (χ1n) is 9.19. The summed E-state index contributed by atoms with van der Waals surface area (Å²) in [4.78, 5) is 21.8. The van der Waals surface area contributed by atoms with Crippen molar-refractivity contribution in [2.45, 2.75) is 19.8 Å². The summed E-state index contributed by atoms with van der Waals surface area (Å²) in [7, 11) is 0. The van der Waals surface area contributed by atoms with Crippen LogP contribution in [0.4, 0.5) is 11.5 Å². The first-order chi connectivity index (χ1) is 13.7. The van der Waals surface area contributed by atoms with Crippen molar-refractivity contribution in [3.63, 3.8) is 0 Å². The van der Waals surface area contributed by atoms with Crippen LogP contribution in [0.2, 0.25) is 0 Å². The molecular formula is C22H21N5O. The number of rotatable bonds is 7. The molecule has 28 heavy (non-hydrogen) atoms. The maximum atomic E-state index is 12.8. The monoisotopic (exact) mass is 371 g/mol. The molecule has 0 spiro atoms. The van der Waals surface area contributed by atoms with Crippen molar-refractivity contribution in [3.8, 4) is 17.5 Å². The Balaban J connectivity index is 1.90. The summed E-state index contributed by atoms with van der Waals surface area (Å²) >= 11 is 0. The minimum atomic E-state index is -0.354. The van der Waals surface area contributed by atoms with Crippen molar-refractivity contribution in [1.82, 2.24) is 9.97 Å². The van der Waals surface area contributed by atoms with Crippen molar-refractivity contribution in [1.29, 1.82) is 5.26 Å². The number of amides is 1. The van der Waals surface area contributed by atoms with E-state index in [2.05, 4.69) is 33.6 Å². The Morgan fingerprint density at radius 3 is 2.64 bits per heavy atom. The third-order valence-corrected chi connectivity index (χ3v) is 4.08. The van der Waals surface area contributed by atoms with Gasteiger partial charge in [0.2, 0.25) is 0 Å². The Morgan fingerprint density at radius 2 is 1.89 bits per heavy atom. The Kier molecular flexibility index (Phi) is 6.32. The van der Waals surface area contributed by atoms with E-state index in [0.717, 1.165) is 24.9 Å². The molecule has 0 saturated carbocycles. The van der Waals surface area contributed by atoms with Crippen LogP contribution in [-0.4, -0.2) is 22.4 Å². The molecule has 0 fully saturated rings. The summed E-state index contributed by atoms with van der Waals surface area (Å²) in [6.45, 7) is 2.89. The summed E-state index contributed by atoms with van der Waals surface area (Å²) in [6.07, 6.45) is 2.07. The van der Waals surface area contributed by atoms with Crippen LogP contribution in [0.15, 0.2) is 60.7 Å². The number of anilines is 2. The second-order valence-corrected chi connectivity index (χ2v) is 6.26. The molecule has 3 aromatic rings. The van der Waals surface area contributed by atoms with Gasteiger partial charge in [0.15, 0.2) is 5.82 Å². The van der Waals surface area contributed by atoms with E-state index in [1.807, 2.05) is 30.3 Å². The van der Waals surface area contributed by atoms with Gasteiger partial charge in [-0.3, -0.25) is 4.79 Å². The molecule has 0 atom stereocenters. The molecule has 140 valence electrons. The van der Waals surface area contributed by atoms with Crippen LogP contribution in [0.5, 0.6) is 0 Å². The van der Waals surface area contributed by atoms with Crippen LogP contribution >= 0.6 is 0 Å². The molecule has 3 rings (SSSR count). The molecule has 2 N–H and O–H groups in total. The molecule has 6 nitrogen and oxygen atoms in total. The fourth-order valence-corrected chi connectivity index (χ4v) is 2.63. The van der Waals surface area contributed by atoms with E-state index in [1.54, 1.807) is 30.3 Å². The van der Waals surface area contributed by atoms with E-state index >= 15 is 0 Å². The van der Waals surface area contributed by atoms with Gasteiger partial charge >= 0.3 is 0 Å². The number of aromatic nitrogens is 2. The molecule has 6 heteroatoms. The van der Waals surface area contributed by atoms with Gasteiger partial charge in [-0.2, -0.15) is 5.26 Å². The highest BCUT2D eigenvalue weighted by Crippen LogP contribution is 2.19. The van der Waals surface area contributed by atoms with Crippen LogP contribution in [0, 0.1) is 11.3 Å². The Labute approximate surface area is 164 Å². The summed E-state index contributed by atoms with van der Waals surface area (Å²) in [6, 6.07) is 20.0. The second-order valence-electron chi connectivity index (χ2n) is 6.26. The molecule has 1 heterocycles. The quantitative estimate of drug-likeness (QED) is 0.598. The third-order valence-electron chi connectivity index (χ3n) is 4.08. The molecule has 0 aliphatic rings. The van der Waals surface area contributed by atoms with Crippen LogP contribution in [0.3, 0.4) is 0 Å². The lowest BCUT2D eigenvalue weighted by molar-refractivity contribution is 0.102. The van der Waals surface area contributed by atoms with Gasteiger partial charge in [0.25, 0.3) is 5.91 Å². The first kappa shape index (κ1) is 19.1. The Morgan fingerprint density at radius 1 is 1.07 bits per heavy atom. The summed E-state index contributed by atoms with van der Waals surface area (Å²) < 4.78 is 0. The molecule has 0 unspecified atom stereocenters.